The monoisotopic (exact) mass is 254 g/mol. The van der Waals surface area contributed by atoms with Crippen LogP contribution in [0.1, 0.15) is 12.5 Å². The fourth-order valence-corrected chi connectivity index (χ4v) is 1.58. The van der Waals surface area contributed by atoms with E-state index in [-0.39, 0.29) is 24.3 Å². The van der Waals surface area contributed by atoms with Crippen molar-refractivity contribution in [2.24, 2.45) is 0 Å². The SMILES string of the molecule is COCC(C)NC(=O)CNc1cc(F)ccc1C. The molecule has 4 nitrogen and oxygen atoms in total. The van der Waals surface area contributed by atoms with Crippen molar-refractivity contribution in [2.75, 3.05) is 25.6 Å². The number of anilines is 1. The molecule has 1 unspecified atom stereocenters. The van der Waals surface area contributed by atoms with E-state index in [0.717, 1.165) is 5.56 Å². The largest absolute Gasteiger partial charge is 0.383 e. The number of carbonyl (C=O) groups excluding carboxylic acids is 1. The standard InChI is InChI=1S/C13H19FN2O2/c1-9-4-5-11(14)6-12(9)15-7-13(17)16-10(2)8-18-3/h4-6,10,15H,7-8H2,1-3H3,(H,16,17). The lowest BCUT2D eigenvalue weighted by molar-refractivity contribution is -0.120. The van der Waals surface area contributed by atoms with Crippen molar-refractivity contribution < 1.29 is 13.9 Å². The first-order chi connectivity index (χ1) is 8.52. The quantitative estimate of drug-likeness (QED) is 0.812. The van der Waals surface area contributed by atoms with Crippen molar-refractivity contribution in [3.8, 4) is 0 Å². The molecule has 2 N–H and O–H groups in total. The summed E-state index contributed by atoms with van der Waals surface area (Å²) in [5.41, 5.74) is 1.53. The normalized spacial score (nSPS) is 12.0. The number of aryl methyl sites for hydroxylation is 1. The Balaban J connectivity index is 2.45. The van der Waals surface area contributed by atoms with Crippen LogP contribution < -0.4 is 10.6 Å². The molecular formula is C13H19FN2O2. The molecule has 0 heterocycles. The highest BCUT2D eigenvalue weighted by Crippen LogP contribution is 2.15. The molecule has 1 amide bonds. The van der Waals surface area contributed by atoms with Crippen molar-refractivity contribution in [3.63, 3.8) is 0 Å². The number of rotatable bonds is 6. The van der Waals surface area contributed by atoms with E-state index in [4.69, 9.17) is 4.74 Å². The Morgan fingerprint density at radius 1 is 1.50 bits per heavy atom. The van der Waals surface area contributed by atoms with Gasteiger partial charge in [0.15, 0.2) is 0 Å². The Kier molecular flexibility index (Phi) is 5.58. The van der Waals surface area contributed by atoms with E-state index in [9.17, 15) is 9.18 Å². The third kappa shape index (κ3) is 4.71. The molecule has 1 atom stereocenters. The second-order valence-electron chi connectivity index (χ2n) is 4.24. The third-order valence-electron chi connectivity index (χ3n) is 2.46. The second-order valence-corrected chi connectivity index (χ2v) is 4.24. The Hall–Kier alpha value is -1.62. The van der Waals surface area contributed by atoms with E-state index < -0.39 is 0 Å². The summed E-state index contributed by atoms with van der Waals surface area (Å²) in [7, 11) is 1.58. The molecule has 0 radical (unpaired) electrons. The minimum absolute atomic E-state index is 0.0436. The van der Waals surface area contributed by atoms with Crippen LogP contribution in [0.5, 0.6) is 0 Å². The molecule has 1 aromatic carbocycles. The topological polar surface area (TPSA) is 50.4 Å². The molecule has 0 aromatic heterocycles. The van der Waals surface area contributed by atoms with Crippen LogP contribution in [0.25, 0.3) is 0 Å². The van der Waals surface area contributed by atoms with Gasteiger partial charge in [-0.2, -0.15) is 0 Å². The molecule has 100 valence electrons. The van der Waals surface area contributed by atoms with E-state index >= 15 is 0 Å². The van der Waals surface area contributed by atoms with Crippen molar-refractivity contribution in [3.05, 3.63) is 29.6 Å². The van der Waals surface area contributed by atoms with Crippen molar-refractivity contribution in [2.45, 2.75) is 19.9 Å². The van der Waals surface area contributed by atoms with Gasteiger partial charge in [0.25, 0.3) is 0 Å². The van der Waals surface area contributed by atoms with Crippen LogP contribution in [0.2, 0.25) is 0 Å². The number of nitrogens with one attached hydrogen (secondary N) is 2. The second kappa shape index (κ2) is 6.96. The molecule has 0 spiro atoms. The van der Waals surface area contributed by atoms with Gasteiger partial charge in [-0.15, -0.1) is 0 Å². The number of hydrogen-bond acceptors (Lipinski definition) is 3. The molecular weight excluding hydrogens is 235 g/mol. The fraction of sp³-hybridized carbons (Fsp3) is 0.462. The number of ether oxygens (including phenoxy) is 1. The van der Waals surface area contributed by atoms with Crippen LogP contribution in [-0.4, -0.2) is 32.2 Å². The molecule has 0 bridgehead atoms. The smallest absolute Gasteiger partial charge is 0.239 e. The highest BCUT2D eigenvalue weighted by molar-refractivity contribution is 5.81. The predicted octanol–water partition coefficient (Wildman–Crippen LogP) is 1.70. The Bertz CT molecular complexity index is 410. The fourth-order valence-electron chi connectivity index (χ4n) is 1.58. The molecule has 0 saturated heterocycles. The Morgan fingerprint density at radius 3 is 2.89 bits per heavy atom. The summed E-state index contributed by atoms with van der Waals surface area (Å²) < 4.78 is 17.9. The summed E-state index contributed by atoms with van der Waals surface area (Å²) in [4.78, 5) is 11.6. The number of halogens is 1. The maximum atomic E-state index is 13.0. The number of carbonyl (C=O) groups is 1. The van der Waals surface area contributed by atoms with Crippen LogP contribution in [0, 0.1) is 12.7 Å². The lowest BCUT2D eigenvalue weighted by Gasteiger charge is -2.14. The van der Waals surface area contributed by atoms with Crippen LogP contribution in [0.3, 0.4) is 0 Å². The van der Waals surface area contributed by atoms with Crippen molar-refractivity contribution >= 4 is 11.6 Å². The molecule has 0 saturated carbocycles. The van der Waals surface area contributed by atoms with Crippen molar-refractivity contribution in [1.82, 2.24) is 5.32 Å². The summed E-state index contributed by atoms with van der Waals surface area (Å²) in [6.07, 6.45) is 0. The summed E-state index contributed by atoms with van der Waals surface area (Å²) in [6.45, 7) is 4.28. The van der Waals surface area contributed by atoms with Gasteiger partial charge in [-0.3, -0.25) is 4.79 Å². The minimum atomic E-state index is -0.323. The van der Waals surface area contributed by atoms with Crippen LogP contribution in [0.15, 0.2) is 18.2 Å². The van der Waals surface area contributed by atoms with E-state index in [2.05, 4.69) is 10.6 Å². The summed E-state index contributed by atoms with van der Waals surface area (Å²) >= 11 is 0. The average molecular weight is 254 g/mol. The summed E-state index contributed by atoms with van der Waals surface area (Å²) in [5, 5.41) is 5.67. The van der Waals surface area contributed by atoms with Crippen molar-refractivity contribution in [1.29, 1.82) is 0 Å². The van der Waals surface area contributed by atoms with Gasteiger partial charge in [0.2, 0.25) is 5.91 Å². The number of amides is 1. The molecule has 18 heavy (non-hydrogen) atoms. The number of hydrogen-bond donors (Lipinski definition) is 2. The van der Waals surface area contributed by atoms with Gasteiger partial charge in [0.05, 0.1) is 13.2 Å². The van der Waals surface area contributed by atoms with Gasteiger partial charge in [-0.05, 0) is 31.5 Å². The zero-order valence-corrected chi connectivity index (χ0v) is 10.9. The third-order valence-corrected chi connectivity index (χ3v) is 2.46. The zero-order chi connectivity index (χ0) is 13.5. The lowest BCUT2D eigenvalue weighted by atomic mass is 10.2. The maximum Gasteiger partial charge on any atom is 0.239 e. The van der Waals surface area contributed by atoms with Gasteiger partial charge in [0.1, 0.15) is 5.82 Å². The van der Waals surface area contributed by atoms with E-state index in [1.165, 1.54) is 12.1 Å². The molecule has 0 aliphatic heterocycles. The Labute approximate surface area is 107 Å². The van der Waals surface area contributed by atoms with Crippen LogP contribution >= 0.6 is 0 Å². The molecule has 1 rings (SSSR count). The molecule has 0 aliphatic rings. The molecule has 0 fully saturated rings. The first-order valence-corrected chi connectivity index (χ1v) is 5.81. The predicted molar refractivity (Wildman–Crippen MR) is 69.1 cm³/mol. The maximum absolute atomic E-state index is 13.0. The van der Waals surface area contributed by atoms with Gasteiger partial charge in [0, 0.05) is 18.8 Å². The highest BCUT2D eigenvalue weighted by atomic mass is 19.1. The number of benzene rings is 1. The molecule has 1 aromatic rings. The zero-order valence-electron chi connectivity index (χ0n) is 10.9. The van der Waals surface area contributed by atoms with E-state index in [0.29, 0.717) is 12.3 Å². The summed E-state index contributed by atoms with van der Waals surface area (Å²) in [6, 6.07) is 4.39. The average Bonchev–Trinajstić information content (AvgIpc) is 2.30. The van der Waals surface area contributed by atoms with E-state index in [1.807, 2.05) is 13.8 Å². The molecule has 5 heteroatoms. The molecule has 0 aliphatic carbocycles. The van der Waals surface area contributed by atoms with Gasteiger partial charge >= 0.3 is 0 Å². The Morgan fingerprint density at radius 2 is 2.22 bits per heavy atom. The van der Waals surface area contributed by atoms with Gasteiger partial charge in [-0.1, -0.05) is 6.07 Å². The minimum Gasteiger partial charge on any atom is -0.383 e. The van der Waals surface area contributed by atoms with E-state index in [1.54, 1.807) is 13.2 Å². The highest BCUT2D eigenvalue weighted by Gasteiger charge is 2.07. The van der Waals surface area contributed by atoms with Crippen LogP contribution in [0.4, 0.5) is 10.1 Å². The first kappa shape index (κ1) is 14.4. The first-order valence-electron chi connectivity index (χ1n) is 5.81. The van der Waals surface area contributed by atoms with Gasteiger partial charge < -0.3 is 15.4 Å². The van der Waals surface area contributed by atoms with Crippen LogP contribution in [-0.2, 0) is 9.53 Å². The number of methoxy groups -OCH3 is 1. The van der Waals surface area contributed by atoms with Gasteiger partial charge in [-0.25, -0.2) is 4.39 Å². The lowest BCUT2D eigenvalue weighted by Crippen LogP contribution is -2.39. The summed E-state index contributed by atoms with van der Waals surface area (Å²) in [5.74, 6) is -0.473.